The molecule has 0 aliphatic heterocycles. The molecule has 2 N–H and O–H groups in total. The Morgan fingerprint density at radius 2 is 1.75 bits per heavy atom. The minimum atomic E-state index is 0.275. The van der Waals surface area contributed by atoms with Crippen LogP contribution in [0.1, 0.15) is 16.7 Å². The van der Waals surface area contributed by atoms with Crippen molar-refractivity contribution in [2.24, 2.45) is 5.73 Å². The molecule has 2 rings (SSSR count). The predicted molar refractivity (Wildman–Crippen MR) is 91.0 cm³/mol. The normalized spacial score (nSPS) is 10.4. The summed E-state index contributed by atoms with van der Waals surface area (Å²) in [6, 6.07) is 9.20. The van der Waals surface area contributed by atoms with Crippen molar-refractivity contribution in [2.45, 2.75) is 13.8 Å². The lowest BCUT2D eigenvalue weighted by Crippen LogP contribution is -2.09. The smallest absolute Gasteiger partial charge is 0.128 e. The van der Waals surface area contributed by atoms with Crippen molar-refractivity contribution in [2.75, 3.05) is 0 Å². The molecule has 0 bridgehead atoms. The molecule has 0 amide bonds. The predicted octanol–water partition coefficient (Wildman–Crippen LogP) is 5.15. The molecule has 20 heavy (non-hydrogen) atoms. The van der Waals surface area contributed by atoms with E-state index in [0.717, 1.165) is 21.3 Å². The lowest BCUT2D eigenvalue weighted by atomic mass is 10.1. The maximum atomic E-state index is 6.12. The molecule has 0 aromatic heterocycles. The molecular formula is C15H13BrClNOS. The van der Waals surface area contributed by atoms with Crippen LogP contribution >= 0.6 is 39.7 Å². The summed E-state index contributed by atoms with van der Waals surface area (Å²) in [4.78, 5) is 0.275. The number of rotatable bonds is 3. The molecule has 0 spiro atoms. The molecule has 0 fully saturated rings. The zero-order valence-corrected chi connectivity index (χ0v) is 14.2. The number of benzene rings is 2. The van der Waals surface area contributed by atoms with Crippen LogP contribution in [0.4, 0.5) is 0 Å². The number of halogens is 2. The summed E-state index contributed by atoms with van der Waals surface area (Å²) in [6.07, 6.45) is 0. The molecule has 2 aromatic rings. The van der Waals surface area contributed by atoms with Crippen LogP contribution in [0, 0.1) is 13.8 Å². The monoisotopic (exact) mass is 369 g/mol. The van der Waals surface area contributed by atoms with Gasteiger partial charge in [0.1, 0.15) is 16.5 Å². The van der Waals surface area contributed by atoms with Gasteiger partial charge in [-0.15, -0.1) is 0 Å². The largest absolute Gasteiger partial charge is 0.457 e. The molecule has 0 heterocycles. The summed E-state index contributed by atoms with van der Waals surface area (Å²) < 4.78 is 6.91. The van der Waals surface area contributed by atoms with E-state index in [1.165, 1.54) is 0 Å². The van der Waals surface area contributed by atoms with Crippen LogP contribution in [0.25, 0.3) is 0 Å². The molecule has 2 aromatic carbocycles. The van der Waals surface area contributed by atoms with Crippen molar-refractivity contribution >= 4 is 44.7 Å². The third-order valence-electron chi connectivity index (χ3n) is 2.85. The van der Waals surface area contributed by atoms with Gasteiger partial charge in [0.2, 0.25) is 0 Å². The minimum Gasteiger partial charge on any atom is -0.457 e. The van der Waals surface area contributed by atoms with Gasteiger partial charge in [0.25, 0.3) is 0 Å². The van der Waals surface area contributed by atoms with Gasteiger partial charge in [-0.2, -0.15) is 0 Å². The van der Waals surface area contributed by atoms with E-state index in [4.69, 9.17) is 34.3 Å². The first-order valence-electron chi connectivity index (χ1n) is 5.92. The summed E-state index contributed by atoms with van der Waals surface area (Å²) in [5.41, 5.74) is 8.46. The second-order valence-corrected chi connectivity index (χ2v) is 6.12. The lowest BCUT2D eigenvalue weighted by Gasteiger charge is -2.11. The molecule has 0 unspecified atom stereocenters. The number of aryl methyl sites for hydroxylation is 2. The first-order valence-corrected chi connectivity index (χ1v) is 7.50. The van der Waals surface area contributed by atoms with E-state index in [1.807, 2.05) is 26.0 Å². The average molecular weight is 371 g/mol. The third-order valence-corrected chi connectivity index (χ3v) is 4.64. The highest BCUT2D eigenvalue weighted by molar-refractivity contribution is 9.10. The highest BCUT2D eigenvalue weighted by atomic mass is 79.9. The van der Waals surface area contributed by atoms with Gasteiger partial charge in [-0.3, -0.25) is 0 Å². The molecule has 0 saturated heterocycles. The van der Waals surface area contributed by atoms with Crippen LogP contribution in [0.5, 0.6) is 11.5 Å². The summed E-state index contributed by atoms with van der Waals surface area (Å²) in [7, 11) is 0. The standard InChI is InChI=1S/C15H13BrClNOS/c1-8-5-11(6-9(2)14(8)16)19-10-3-4-12(15(18)20)13(17)7-10/h3-7H,1-2H3,(H2,18,20). The number of ether oxygens (including phenoxy) is 1. The fourth-order valence-corrected chi connectivity index (χ4v) is 2.60. The molecule has 0 saturated carbocycles. The summed E-state index contributed by atoms with van der Waals surface area (Å²) >= 11 is 14.6. The van der Waals surface area contributed by atoms with E-state index in [2.05, 4.69) is 15.9 Å². The molecule has 0 aliphatic carbocycles. The minimum absolute atomic E-state index is 0.275. The van der Waals surface area contributed by atoms with Crippen molar-refractivity contribution < 1.29 is 4.74 Å². The maximum Gasteiger partial charge on any atom is 0.128 e. The Bertz CT molecular complexity index is 665. The number of nitrogens with two attached hydrogens (primary N) is 1. The first-order chi connectivity index (χ1) is 9.38. The summed E-state index contributed by atoms with van der Waals surface area (Å²) in [5.74, 6) is 1.42. The van der Waals surface area contributed by atoms with Crippen LogP contribution in [-0.4, -0.2) is 4.99 Å². The van der Waals surface area contributed by atoms with Crippen LogP contribution in [0.15, 0.2) is 34.8 Å². The van der Waals surface area contributed by atoms with Crippen molar-refractivity contribution in [3.8, 4) is 11.5 Å². The fraction of sp³-hybridized carbons (Fsp3) is 0.133. The second-order valence-electron chi connectivity index (χ2n) is 4.48. The van der Waals surface area contributed by atoms with Crippen molar-refractivity contribution in [1.29, 1.82) is 0 Å². The van der Waals surface area contributed by atoms with Crippen LogP contribution in [-0.2, 0) is 0 Å². The van der Waals surface area contributed by atoms with E-state index in [9.17, 15) is 0 Å². The Hall–Kier alpha value is -1.10. The van der Waals surface area contributed by atoms with E-state index in [-0.39, 0.29) is 4.99 Å². The Morgan fingerprint density at radius 3 is 2.25 bits per heavy atom. The van der Waals surface area contributed by atoms with Crippen LogP contribution < -0.4 is 10.5 Å². The second kappa shape index (κ2) is 6.12. The summed E-state index contributed by atoms with van der Waals surface area (Å²) in [6.45, 7) is 4.04. The Balaban J connectivity index is 2.31. The number of thiocarbonyl (C=S) groups is 1. The van der Waals surface area contributed by atoms with Gasteiger partial charge in [0.05, 0.1) is 5.02 Å². The Labute approximate surface area is 137 Å². The number of hydrogen-bond acceptors (Lipinski definition) is 2. The van der Waals surface area contributed by atoms with Gasteiger partial charge < -0.3 is 10.5 Å². The zero-order valence-electron chi connectivity index (χ0n) is 11.0. The summed E-state index contributed by atoms with van der Waals surface area (Å²) in [5, 5.41) is 0.487. The quantitative estimate of drug-likeness (QED) is 0.759. The Kier molecular flexibility index (Phi) is 4.68. The lowest BCUT2D eigenvalue weighted by molar-refractivity contribution is 0.481. The van der Waals surface area contributed by atoms with Crippen molar-refractivity contribution in [3.63, 3.8) is 0 Å². The molecule has 2 nitrogen and oxygen atoms in total. The molecular weight excluding hydrogens is 358 g/mol. The van der Waals surface area contributed by atoms with E-state index >= 15 is 0 Å². The topological polar surface area (TPSA) is 35.2 Å². The zero-order chi connectivity index (χ0) is 14.9. The van der Waals surface area contributed by atoms with Crippen molar-refractivity contribution in [1.82, 2.24) is 0 Å². The maximum absolute atomic E-state index is 6.12. The highest BCUT2D eigenvalue weighted by Crippen LogP contribution is 2.31. The SMILES string of the molecule is Cc1cc(Oc2ccc(C(N)=S)c(Cl)c2)cc(C)c1Br. The highest BCUT2D eigenvalue weighted by Gasteiger charge is 2.07. The Morgan fingerprint density at radius 1 is 1.15 bits per heavy atom. The van der Waals surface area contributed by atoms with Gasteiger partial charge in [-0.25, -0.2) is 0 Å². The van der Waals surface area contributed by atoms with E-state index in [0.29, 0.717) is 16.3 Å². The third kappa shape index (κ3) is 3.32. The van der Waals surface area contributed by atoms with E-state index in [1.54, 1.807) is 18.2 Å². The molecule has 0 aliphatic rings. The van der Waals surface area contributed by atoms with E-state index < -0.39 is 0 Å². The van der Waals surface area contributed by atoms with Gasteiger partial charge in [-0.1, -0.05) is 39.7 Å². The van der Waals surface area contributed by atoms with Crippen LogP contribution in [0.3, 0.4) is 0 Å². The fourth-order valence-electron chi connectivity index (χ4n) is 1.86. The first kappa shape index (κ1) is 15.3. The van der Waals surface area contributed by atoms with Crippen molar-refractivity contribution in [3.05, 3.63) is 56.5 Å². The van der Waals surface area contributed by atoms with Gasteiger partial charge in [0.15, 0.2) is 0 Å². The molecule has 5 heteroatoms. The number of hydrogen-bond donors (Lipinski definition) is 1. The molecule has 0 radical (unpaired) electrons. The van der Waals surface area contributed by atoms with Gasteiger partial charge in [0, 0.05) is 16.1 Å². The van der Waals surface area contributed by atoms with Crippen LogP contribution in [0.2, 0.25) is 5.02 Å². The molecule has 0 atom stereocenters. The molecule has 104 valence electrons. The van der Waals surface area contributed by atoms with Gasteiger partial charge >= 0.3 is 0 Å². The average Bonchev–Trinajstić information content (AvgIpc) is 2.35. The van der Waals surface area contributed by atoms with Gasteiger partial charge in [-0.05, 0) is 49.2 Å².